The van der Waals surface area contributed by atoms with Crippen LogP contribution in [0.5, 0.6) is 0 Å². The topological polar surface area (TPSA) is 29.1 Å². The van der Waals surface area contributed by atoms with Gasteiger partial charge >= 0.3 is 0 Å². The molecule has 19 heavy (non-hydrogen) atoms. The number of nitrogens with one attached hydrogen (secondary N) is 1. The summed E-state index contributed by atoms with van der Waals surface area (Å²) in [6.45, 7) is 7.92. The van der Waals surface area contributed by atoms with Gasteiger partial charge in [0, 0.05) is 6.04 Å². The van der Waals surface area contributed by atoms with E-state index in [4.69, 9.17) is 23.2 Å². The van der Waals surface area contributed by atoms with Crippen molar-refractivity contribution in [2.24, 2.45) is 0 Å². The summed E-state index contributed by atoms with van der Waals surface area (Å²) in [7, 11) is -1.03. The van der Waals surface area contributed by atoms with Crippen LogP contribution in [0.25, 0.3) is 0 Å². The third-order valence-corrected chi connectivity index (χ3v) is 5.18. The molecule has 2 nitrogen and oxygen atoms in total. The lowest BCUT2D eigenvalue weighted by Crippen LogP contribution is -2.38. The highest BCUT2D eigenvalue weighted by Gasteiger charge is 2.20. The molecule has 1 rings (SSSR count). The van der Waals surface area contributed by atoms with Gasteiger partial charge in [0.1, 0.15) is 0 Å². The van der Waals surface area contributed by atoms with Crippen LogP contribution in [-0.4, -0.2) is 15.0 Å². The zero-order valence-corrected chi connectivity index (χ0v) is 14.1. The quantitative estimate of drug-likeness (QED) is 0.857. The van der Waals surface area contributed by atoms with Crippen molar-refractivity contribution in [1.29, 1.82) is 0 Å². The largest absolute Gasteiger partial charge is 0.242 e. The highest BCUT2D eigenvalue weighted by molar-refractivity contribution is 7.84. The first kappa shape index (κ1) is 17.0. The van der Waals surface area contributed by atoms with Gasteiger partial charge in [-0.2, -0.15) is 0 Å². The number of aryl methyl sites for hydroxylation is 1. The second-order valence-corrected chi connectivity index (χ2v) is 8.50. The molecule has 0 spiro atoms. The van der Waals surface area contributed by atoms with Gasteiger partial charge < -0.3 is 0 Å². The van der Waals surface area contributed by atoms with E-state index in [1.807, 2.05) is 45.9 Å². The van der Waals surface area contributed by atoms with Gasteiger partial charge in [0.25, 0.3) is 0 Å². The Bertz CT molecular complexity index is 457. The van der Waals surface area contributed by atoms with E-state index < -0.39 is 11.0 Å². The molecule has 0 saturated carbocycles. The van der Waals surface area contributed by atoms with Crippen molar-refractivity contribution in [3.8, 4) is 0 Å². The van der Waals surface area contributed by atoms with E-state index in [9.17, 15) is 4.21 Å². The fourth-order valence-corrected chi connectivity index (χ4v) is 2.65. The van der Waals surface area contributed by atoms with Crippen LogP contribution in [0.4, 0.5) is 0 Å². The van der Waals surface area contributed by atoms with Gasteiger partial charge in [0.15, 0.2) is 0 Å². The van der Waals surface area contributed by atoms with Gasteiger partial charge in [-0.3, -0.25) is 0 Å². The second kappa shape index (κ2) is 7.07. The first-order valence-corrected chi connectivity index (χ1v) is 8.22. The number of benzene rings is 1. The molecule has 0 aromatic heterocycles. The Morgan fingerprint density at radius 1 is 1.26 bits per heavy atom. The van der Waals surface area contributed by atoms with Crippen LogP contribution in [0.15, 0.2) is 18.2 Å². The molecule has 0 saturated heterocycles. The Morgan fingerprint density at radius 3 is 2.42 bits per heavy atom. The Morgan fingerprint density at radius 2 is 1.89 bits per heavy atom. The standard InChI is InChI=1S/C14H21Cl2NOS/c1-10(17-19(18)14(2,3)4)5-6-11-7-8-12(15)13(16)9-11/h7-10,17H,5-6H2,1-4H3/t10-,19?/m0/s1. The number of rotatable bonds is 5. The Labute approximate surface area is 128 Å². The minimum Gasteiger partial charge on any atom is -0.242 e. The van der Waals surface area contributed by atoms with E-state index in [1.54, 1.807) is 0 Å². The molecule has 1 aromatic rings. The van der Waals surface area contributed by atoms with E-state index in [0.717, 1.165) is 18.4 Å². The fraction of sp³-hybridized carbons (Fsp3) is 0.571. The van der Waals surface area contributed by atoms with Crippen LogP contribution in [0, 0.1) is 0 Å². The first-order chi connectivity index (χ1) is 8.70. The predicted molar refractivity (Wildman–Crippen MR) is 85.3 cm³/mol. The zero-order chi connectivity index (χ0) is 14.6. The summed E-state index contributed by atoms with van der Waals surface area (Å²) in [6.07, 6.45) is 1.78. The third-order valence-electron chi connectivity index (χ3n) is 2.71. The van der Waals surface area contributed by atoms with Crippen LogP contribution in [0.2, 0.25) is 10.0 Å². The lowest BCUT2D eigenvalue weighted by molar-refractivity contribution is 0.581. The molecule has 0 aliphatic rings. The molecular formula is C14H21Cl2NOS. The molecule has 0 aliphatic heterocycles. The molecule has 2 atom stereocenters. The maximum atomic E-state index is 11.9. The average molecular weight is 322 g/mol. The second-order valence-electron chi connectivity index (χ2n) is 5.69. The molecular weight excluding hydrogens is 301 g/mol. The van der Waals surface area contributed by atoms with Crippen molar-refractivity contribution in [2.75, 3.05) is 0 Å². The monoisotopic (exact) mass is 321 g/mol. The van der Waals surface area contributed by atoms with Crippen molar-refractivity contribution >= 4 is 34.2 Å². The molecule has 108 valence electrons. The van der Waals surface area contributed by atoms with Crippen LogP contribution in [0.3, 0.4) is 0 Å². The molecule has 0 radical (unpaired) electrons. The van der Waals surface area contributed by atoms with E-state index in [0.29, 0.717) is 10.0 Å². The Balaban J connectivity index is 2.48. The summed E-state index contributed by atoms with van der Waals surface area (Å²) in [6, 6.07) is 5.86. The van der Waals surface area contributed by atoms with Crippen LogP contribution < -0.4 is 4.72 Å². The Kier molecular flexibility index (Phi) is 6.31. The summed E-state index contributed by atoms with van der Waals surface area (Å²) in [4.78, 5) is 0. The van der Waals surface area contributed by atoms with Gasteiger partial charge in [0.05, 0.1) is 25.8 Å². The van der Waals surface area contributed by atoms with Gasteiger partial charge in [-0.25, -0.2) is 8.93 Å². The van der Waals surface area contributed by atoms with Gasteiger partial charge in [-0.1, -0.05) is 29.3 Å². The molecule has 0 aliphatic carbocycles. The SMILES string of the molecule is C[C@@H](CCc1ccc(Cl)c(Cl)c1)NS(=O)C(C)(C)C. The molecule has 0 heterocycles. The molecule has 0 bridgehead atoms. The summed E-state index contributed by atoms with van der Waals surface area (Å²) in [5, 5.41) is 1.16. The van der Waals surface area contributed by atoms with E-state index in [1.165, 1.54) is 0 Å². The average Bonchev–Trinajstić information content (AvgIpc) is 2.29. The van der Waals surface area contributed by atoms with Crippen LogP contribution in [-0.2, 0) is 17.4 Å². The molecule has 1 aromatic carbocycles. The minimum atomic E-state index is -1.03. The van der Waals surface area contributed by atoms with E-state index in [-0.39, 0.29) is 10.8 Å². The van der Waals surface area contributed by atoms with Gasteiger partial charge in [-0.15, -0.1) is 0 Å². The summed E-state index contributed by atoms with van der Waals surface area (Å²) in [5.74, 6) is 0. The van der Waals surface area contributed by atoms with Crippen LogP contribution >= 0.6 is 23.2 Å². The van der Waals surface area contributed by atoms with Crippen molar-refractivity contribution in [1.82, 2.24) is 4.72 Å². The smallest absolute Gasteiger partial charge is 0.0972 e. The first-order valence-electron chi connectivity index (χ1n) is 6.32. The Hall–Kier alpha value is -0.0900. The van der Waals surface area contributed by atoms with Crippen LogP contribution in [0.1, 0.15) is 39.7 Å². The third kappa shape index (κ3) is 5.82. The zero-order valence-electron chi connectivity index (χ0n) is 11.8. The maximum absolute atomic E-state index is 11.9. The summed E-state index contributed by atoms with van der Waals surface area (Å²) >= 11 is 11.9. The highest BCUT2D eigenvalue weighted by atomic mass is 35.5. The van der Waals surface area contributed by atoms with Crippen molar-refractivity contribution in [3.05, 3.63) is 33.8 Å². The lowest BCUT2D eigenvalue weighted by Gasteiger charge is -2.22. The molecule has 0 fully saturated rings. The number of hydrogen-bond acceptors (Lipinski definition) is 1. The normalized spacial score (nSPS) is 15.3. The summed E-state index contributed by atoms with van der Waals surface area (Å²) < 4.78 is 14.8. The van der Waals surface area contributed by atoms with Gasteiger partial charge in [0.2, 0.25) is 0 Å². The number of hydrogen-bond donors (Lipinski definition) is 1. The van der Waals surface area contributed by atoms with Crippen molar-refractivity contribution in [2.45, 2.75) is 51.3 Å². The van der Waals surface area contributed by atoms with Crippen molar-refractivity contribution < 1.29 is 4.21 Å². The van der Waals surface area contributed by atoms with E-state index >= 15 is 0 Å². The van der Waals surface area contributed by atoms with Gasteiger partial charge in [-0.05, 0) is 58.2 Å². The molecule has 1 unspecified atom stereocenters. The molecule has 0 amide bonds. The van der Waals surface area contributed by atoms with Crippen molar-refractivity contribution in [3.63, 3.8) is 0 Å². The maximum Gasteiger partial charge on any atom is 0.0972 e. The summed E-state index contributed by atoms with van der Waals surface area (Å²) in [5.41, 5.74) is 1.14. The van der Waals surface area contributed by atoms with E-state index in [2.05, 4.69) is 4.72 Å². The molecule has 5 heteroatoms. The predicted octanol–water partition coefficient (Wildman–Crippen LogP) is 4.37. The fourth-order valence-electron chi connectivity index (χ4n) is 1.50. The lowest BCUT2D eigenvalue weighted by atomic mass is 10.1. The number of halogens is 2. The molecule has 1 N–H and O–H groups in total. The minimum absolute atomic E-state index is 0.189. The highest BCUT2D eigenvalue weighted by Crippen LogP contribution is 2.23.